The van der Waals surface area contributed by atoms with Crippen molar-refractivity contribution in [3.05, 3.63) is 0 Å². The topological polar surface area (TPSA) is 69.6 Å². The van der Waals surface area contributed by atoms with Gasteiger partial charge in [0, 0.05) is 12.6 Å². The Labute approximate surface area is 127 Å². The average Bonchev–Trinajstić information content (AvgIpc) is 2.40. The molecule has 5 nitrogen and oxygen atoms in total. The van der Waals surface area contributed by atoms with Gasteiger partial charge in [0.1, 0.15) is 0 Å². The summed E-state index contributed by atoms with van der Waals surface area (Å²) in [6.07, 6.45) is 6.52. The highest BCUT2D eigenvalue weighted by atomic mass is 16.4. The van der Waals surface area contributed by atoms with Gasteiger partial charge in [0.05, 0.1) is 12.5 Å². The zero-order valence-corrected chi connectivity index (χ0v) is 13.3. The molecule has 21 heavy (non-hydrogen) atoms. The lowest BCUT2D eigenvalue weighted by Gasteiger charge is -2.46. The van der Waals surface area contributed by atoms with E-state index in [0.717, 1.165) is 0 Å². The number of rotatable bonds is 4. The smallest absolute Gasteiger partial charge is 0.318 e. The van der Waals surface area contributed by atoms with Crippen molar-refractivity contribution in [2.75, 3.05) is 13.1 Å². The van der Waals surface area contributed by atoms with E-state index < -0.39 is 5.97 Å². The number of nitrogens with one attached hydrogen (secondary N) is 1. The maximum Gasteiger partial charge on any atom is 0.318 e. The van der Waals surface area contributed by atoms with Crippen LogP contribution in [-0.2, 0) is 4.79 Å². The second-order valence-corrected chi connectivity index (χ2v) is 6.35. The molecular weight excluding hydrogens is 268 g/mol. The molecule has 3 atom stereocenters. The fraction of sp³-hybridized carbons (Fsp3) is 0.750. The van der Waals surface area contributed by atoms with E-state index in [-0.39, 0.29) is 35.9 Å². The van der Waals surface area contributed by atoms with Gasteiger partial charge in [-0.2, -0.15) is 0 Å². The molecule has 1 rings (SSSR count). The number of terminal acetylenes is 1. The van der Waals surface area contributed by atoms with E-state index in [1.54, 1.807) is 4.90 Å². The molecular formula is C16H26N2O3. The van der Waals surface area contributed by atoms with Gasteiger partial charge < -0.3 is 15.3 Å². The Morgan fingerprint density at radius 3 is 2.52 bits per heavy atom. The van der Waals surface area contributed by atoms with E-state index >= 15 is 0 Å². The van der Waals surface area contributed by atoms with E-state index in [1.165, 1.54) is 0 Å². The van der Waals surface area contributed by atoms with Crippen LogP contribution in [0.15, 0.2) is 0 Å². The summed E-state index contributed by atoms with van der Waals surface area (Å²) in [6, 6.07) is -0.188. The summed E-state index contributed by atoms with van der Waals surface area (Å²) >= 11 is 0. The fourth-order valence-electron chi connectivity index (χ4n) is 3.13. The van der Waals surface area contributed by atoms with Crippen molar-refractivity contribution in [3.8, 4) is 12.3 Å². The molecule has 0 aromatic heterocycles. The number of carboxylic acids is 1. The van der Waals surface area contributed by atoms with Gasteiger partial charge in [0.25, 0.3) is 0 Å². The normalized spacial score (nSPS) is 27.5. The molecule has 1 saturated carbocycles. The van der Waals surface area contributed by atoms with Crippen LogP contribution < -0.4 is 5.32 Å². The lowest BCUT2D eigenvalue weighted by atomic mass is 9.61. The Bertz CT molecular complexity index is 439. The Kier molecular flexibility index (Phi) is 5.65. The van der Waals surface area contributed by atoms with Crippen molar-refractivity contribution in [1.29, 1.82) is 0 Å². The first-order valence-electron chi connectivity index (χ1n) is 7.47. The van der Waals surface area contributed by atoms with Crippen molar-refractivity contribution in [2.24, 2.45) is 17.3 Å². The molecule has 0 saturated heterocycles. The quantitative estimate of drug-likeness (QED) is 0.781. The maximum absolute atomic E-state index is 12.2. The van der Waals surface area contributed by atoms with Gasteiger partial charge in [-0.25, -0.2) is 4.79 Å². The van der Waals surface area contributed by atoms with Gasteiger partial charge in [-0.3, -0.25) is 4.79 Å². The molecule has 1 aliphatic carbocycles. The van der Waals surface area contributed by atoms with Crippen LogP contribution in [0, 0.1) is 29.6 Å². The molecule has 2 N–H and O–H groups in total. The number of urea groups is 1. The zero-order valence-electron chi connectivity index (χ0n) is 13.3. The second kappa shape index (κ2) is 6.84. The molecule has 118 valence electrons. The van der Waals surface area contributed by atoms with Gasteiger partial charge in [0.15, 0.2) is 0 Å². The summed E-state index contributed by atoms with van der Waals surface area (Å²) in [4.78, 5) is 25.1. The third kappa shape index (κ3) is 3.69. The SMILES string of the molecule is C#CCN(CC)C(=O)NC1CCC(C(=O)O)C(C)(C)C1C. The van der Waals surface area contributed by atoms with Crippen LogP contribution in [0.3, 0.4) is 0 Å². The molecule has 1 aliphatic rings. The Balaban J connectivity index is 2.77. The Hall–Kier alpha value is -1.70. The van der Waals surface area contributed by atoms with Crippen LogP contribution in [0.4, 0.5) is 4.79 Å². The van der Waals surface area contributed by atoms with Gasteiger partial charge in [-0.15, -0.1) is 6.42 Å². The zero-order chi connectivity index (χ0) is 16.2. The fourth-order valence-corrected chi connectivity index (χ4v) is 3.13. The van der Waals surface area contributed by atoms with Crippen LogP contribution in [0.2, 0.25) is 0 Å². The second-order valence-electron chi connectivity index (χ2n) is 6.35. The third-order valence-electron chi connectivity index (χ3n) is 5.00. The largest absolute Gasteiger partial charge is 0.481 e. The van der Waals surface area contributed by atoms with Crippen molar-refractivity contribution in [1.82, 2.24) is 10.2 Å². The molecule has 0 aliphatic heterocycles. The first kappa shape index (κ1) is 17.4. The predicted molar refractivity (Wildman–Crippen MR) is 81.7 cm³/mol. The molecule has 0 radical (unpaired) electrons. The highest BCUT2D eigenvalue weighted by Crippen LogP contribution is 2.45. The standard InChI is InChI=1S/C16H26N2O3/c1-6-10-18(7-2)15(21)17-13-9-8-12(14(19)20)16(4,5)11(13)3/h1,11-13H,7-10H2,2-5H3,(H,17,21)(H,19,20). The Morgan fingerprint density at radius 2 is 2.05 bits per heavy atom. The van der Waals surface area contributed by atoms with Crippen LogP contribution in [-0.4, -0.2) is 41.1 Å². The van der Waals surface area contributed by atoms with Crippen LogP contribution in [0.25, 0.3) is 0 Å². The Morgan fingerprint density at radius 1 is 1.43 bits per heavy atom. The molecule has 3 unspecified atom stereocenters. The number of hydrogen-bond donors (Lipinski definition) is 2. The molecule has 5 heteroatoms. The number of hydrogen-bond acceptors (Lipinski definition) is 2. The van der Waals surface area contributed by atoms with Crippen molar-refractivity contribution in [2.45, 2.75) is 46.6 Å². The highest BCUT2D eigenvalue weighted by Gasteiger charge is 2.46. The molecule has 2 amide bonds. The van der Waals surface area contributed by atoms with Crippen LogP contribution in [0.5, 0.6) is 0 Å². The minimum atomic E-state index is -0.751. The molecule has 1 fully saturated rings. The van der Waals surface area contributed by atoms with Gasteiger partial charge in [-0.1, -0.05) is 26.7 Å². The maximum atomic E-state index is 12.2. The average molecular weight is 294 g/mol. The molecule has 0 spiro atoms. The summed E-state index contributed by atoms with van der Waals surface area (Å²) in [5.74, 6) is 1.44. The first-order chi connectivity index (χ1) is 9.75. The number of carboxylic acid groups (broad SMARTS) is 1. The first-order valence-corrected chi connectivity index (χ1v) is 7.47. The van der Waals surface area contributed by atoms with E-state index in [2.05, 4.69) is 11.2 Å². The van der Waals surface area contributed by atoms with Gasteiger partial charge >= 0.3 is 12.0 Å². The van der Waals surface area contributed by atoms with Gasteiger partial charge in [-0.05, 0) is 31.1 Å². The van der Waals surface area contributed by atoms with Crippen molar-refractivity contribution in [3.63, 3.8) is 0 Å². The van der Waals surface area contributed by atoms with Crippen LogP contribution >= 0.6 is 0 Å². The van der Waals surface area contributed by atoms with E-state index in [9.17, 15) is 14.7 Å². The number of carbonyl (C=O) groups is 2. The highest BCUT2D eigenvalue weighted by molar-refractivity contribution is 5.75. The molecule has 0 bridgehead atoms. The predicted octanol–water partition coefficient (Wildman–Crippen LogP) is 2.18. The number of nitrogens with zero attached hydrogens (tertiary/aromatic N) is 1. The molecule has 0 aromatic rings. The summed E-state index contributed by atoms with van der Waals surface area (Å²) in [5.41, 5.74) is -0.356. The van der Waals surface area contributed by atoms with Gasteiger partial charge in [0.2, 0.25) is 0 Å². The molecule has 0 heterocycles. The van der Waals surface area contributed by atoms with E-state index in [1.807, 2.05) is 27.7 Å². The third-order valence-corrected chi connectivity index (χ3v) is 5.00. The van der Waals surface area contributed by atoms with E-state index in [4.69, 9.17) is 6.42 Å². The monoisotopic (exact) mass is 294 g/mol. The minimum Gasteiger partial charge on any atom is -0.481 e. The lowest BCUT2D eigenvalue weighted by Crippen LogP contribution is -2.54. The number of amides is 2. The minimum absolute atomic E-state index is 0.0186. The summed E-state index contributed by atoms with van der Waals surface area (Å²) in [7, 11) is 0. The summed E-state index contributed by atoms with van der Waals surface area (Å²) < 4.78 is 0. The lowest BCUT2D eigenvalue weighted by molar-refractivity contribution is -0.150. The van der Waals surface area contributed by atoms with Crippen LogP contribution in [0.1, 0.15) is 40.5 Å². The van der Waals surface area contributed by atoms with E-state index in [0.29, 0.717) is 19.4 Å². The van der Waals surface area contributed by atoms with Crippen molar-refractivity contribution < 1.29 is 14.7 Å². The summed E-state index contributed by atoms with van der Waals surface area (Å²) in [6.45, 7) is 8.66. The van der Waals surface area contributed by atoms with Crippen molar-refractivity contribution >= 4 is 12.0 Å². The number of aliphatic carboxylic acids is 1. The molecule has 0 aromatic carbocycles. The summed E-state index contributed by atoms with van der Waals surface area (Å²) in [5, 5.41) is 12.4. The number of carbonyl (C=O) groups excluding carboxylic acids is 1.